The van der Waals surface area contributed by atoms with Crippen molar-refractivity contribution in [2.45, 2.75) is 33.1 Å². The van der Waals surface area contributed by atoms with Gasteiger partial charge in [-0.1, -0.05) is 6.92 Å². The van der Waals surface area contributed by atoms with Gasteiger partial charge in [-0.15, -0.1) is 0 Å². The smallest absolute Gasteiger partial charge is 0.409 e. The summed E-state index contributed by atoms with van der Waals surface area (Å²) in [4.78, 5) is 13.6. The summed E-state index contributed by atoms with van der Waals surface area (Å²) in [6, 6.07) is 0. The number of carbonyl (C=O) groups excluding carboxylic acids is 1. The van der Waals surface area contributed by atoms with Crippen molar-refractivity contribution in [1.82, 2.24) is 10.2 Å². The minimum absolute atomic E-state index is 0.150. The molecule has 1 aliphatic rings. The van der Waals surface area contributed by atoms with Gasteiger partial charge in [-0.25, -0.2) is 4.79 Å². The van der Waals surface area contributed by atoms with Crippen LogP contribution in [0.25, 0.3) is 0 Å². The largest absolute Gasteiger partial charge is 0.450 e. The van der Waals surface area contributed by atoms with Gasteiger partial charge in [0.1, 0.15) is 0 Å². The second-order valence-electron chi connectivity index (χ2n) is 4.34. The van der Waals surface area contributed by atoms with Crippen LogP contribution in [0.1, 0.15) is 33.1 Å². The number of nitrogens with one attached hydrogen (secondary N) is 1. The Labute approximate surface area is 98.3 Å². The lowest BCUT2D eigenvalue weighted by Crippen LogP contribution is -2.40. The molecule has 0 saturated carbocycles. The van der Waals surface area contributed by atoms with Gasteiger partial charge >= 0.3 is 6.09 Å². The van der Waals surface area contributed by atoms with Crippen LogP contribution in [0.4, 0.5) is 4.79 Å². The van der Waals surface area contributed by atoms with Gasteiger partial charge in [0.2, 0.25) is 0 Å². The number of piperidine rings is 1. The first-order valence-electron chi connectivity index (χ1n) is 6.40. The van der Waals surface area contributed by atoms with Crippen LogP contribution in [0.15, 0.2) is 0 Å². The van der Waals surface area contributed by atoms with Crippen LogP contribution in [0.2, 0.25) is 0 Å². The van der Waals surface area contributed by atoms with E-state index in [9.17, 15) is 4.79 Å². The predicted molar refractivity (Wildman–Crippen MR) is 64.5 cm³/mol. The zero-order valence-corrected chi connectivity index (χ0v) is 10.5. The number of ether oxygens (including phenoxy) is 1. The highest BCUT2D eigenvalue weighted by molar-refractivity contribution is 5.67. The molecule has 4 heteroatoms. The first-order chi connectivity index (χ1) is 7.77. The van der Waals surface area contributed by atoms with Crippen LogP contribution < -0.4 is 5.32 Å². The molecular weight excluding hydrogens is 204 g/mol. The van der Waals surface area contributed by atoms with Crippen molar-refractivity contribution < 1.29 is 9.53 Å². The summed E-state index contributed by atoms with van der Waals surface area (Å²) >= 11 is 0. The van der Waals surface area contributed by atoms with E-state index in [1.165, 1.54) is 12.8 Å². The predicted octanol–water partition coefficient (Wildman–Crippen LogP) is 1.85. The van der Waals surface area contributed by atoms with Gasteiger partial charge in [0, 0.05) is 13.1 Å². The van der Waals surface area contributed by atoms with Crippen LogP contribution in [0.3, 0.4) is 0 Å². The maximum absolute atomic E-state index is 11.7. The van der Waals surface area contributed by atoms with E-state index in [2.05, 4.69) is 12.2 Å². The Morgan fingerprint density at radius 1 is 1.38 bits per heavy atom. The molecule has 1 N–H and O–H groups in total. The summed E-state index contributed by atoms with van der Waals surface area (Å²) in [7, 11) is 0. The highest BCUT2D eigenvalue weighted by Gasteiger charge is 2.20. The summed E-state index contributed by atoms with van der Waals surface area (Å²) in [5.41, 5.74) is 0. The molecule has 4 nitrogen and oxygen atoms in total. The molecule has 1 heterocycles. The summed E-state index contributed by atoms with van der Waals surface area (Å²) in [6.45, 7) is 8.23. The van der Waals surface area contributed by atoms with E-state index >= 15 is 0 Å². The van der Waals surface area contributed by atoms with Gasteiger partial charge in [-0.3, -0.25) is 0 Å². The van der Waals surface area contributed by atoms with E-state index in [4.69, 9.17) is 4.74 Å². The third-order valence-corrected chi connectivity index (χ3v) is 2.96. The Kier molecular flexibility index (Phi) is 6.23. The number of hydrogen-bond acceptors (Lipinski definition) is 3. The van der Waals surface area contributed by atoms with E-state index < -0.39 is 0 Å². The molecule has 0 bridgehead atoms. The number of rotatable bonds is 5. The molecule has 0 aliphatic carbocycles. The van der Waals surface area contributed by atoms with Crippen LogP contribution in [0.5, 0.6) is 0 Å². The molecule has 1 saturated heterocycles. The van der Waals surface area contributed by atoms with Gasteiger partial charge in [0.05, 0.1) is 6.61 Å². The first kappa shape index (κ1) is 13.3. The Bertz CT molecular complexity index is 203. The fourth-order valence-electron chi connectivity index (χ4n) is 2.12. The monoisotopic (exact) mass is 228 g/mol. The molecule has 1 aliphatic heterocycles. The number of hydrogen-bond donors (Lipinski definition) is 1. The fourth-order valence-corrected chi connectivity index (χ4v) is 2.12. The van der Waals surface area contributed by atoms with E-state index in [1.807, 2.05) is 11.8 Å². The summed E-state index contributed by atoms with van der Waals surface area (Å²) in [5.74, 6) is 0.636. The second-order valence-corrected chi connectivity index (χ2v) is 4.34. The van der Waals surface area contributed by atoms with Gasteiger partial charge in [0.15, 0.2) is 0 Å². The standard InChI is InChI=1S/C12H24N2O2/c1-3-9-14(12(15)16-4-2)10-11-5-7-13-8-6-11/h11,13H,3-10H2,1-2H3. The van der Waals surface area contributed by atoms with Crippen molar-refractivity contribution >= 4 is 6.09 Å². The molecule has 94 valence electrons. The molecule has 1 amide bonds. The van der Waals surface area contributed by atoms with Gasteiger partial charge in [-0.05, 0) is 45.2 Å². The van der Waals surface area contributed by atoms with Crippen LogP contribution >= 0.6 is 0 Å². The maximum atomic E-state index is 11.7. The Hall–Kier alpha value is -0.770. The third-order valence-electron chi connectivity index (χ3n) is 2.96. The molecule has 0 aromatic carbocycles. The molecule has 0 unspecified atom stereocenters. The van der Waals surface area contributed by atoms with E-state index in [-0.39, 0.29) is 6.09 Å². The van der Waals surface area contributed by atoms with E-state index in [1.54, 1.807) is 0 Å². The van der Waals surface area contributed by atoms with Gasteiger partial charge in [-0.2, -0.15) is 0 Å². The summed E-state index contributed by atoms with van der Waals surface area (Å²) in [5, 5.41) is 3.34. The summed E-state index contributed by atoms with van der Waals surface area (Å²) in [6.07, 6.45) is 3.17. The Balaban J connectivity index is 2.39. The van der Waals surface area contributed by atoms with Crippen molar-refractivity contribution in [2.24, 2.45) is 5.92 Å². The average molecular weight is 228 g/mol. The van der Waals surface area contributed by atoms with Crippen molar-refractivity contribution in [3.63, 3.8) is 0 Å². The second kappa shape index (κ2) is 7.49. The third kappa shape index (κ3) is 4.39. The lowest BCUT2D eigenvalue weighted by atomic mass is 9.97. The molecule has 1 fully saturated rings. The number of nitrogens with zero attached hydrogens (tertiary/aromatic N) is 1. The lowest BCUT2D eigenvalue weighted by molar-refractivity contribution is 0.0976. The molecular formula is C12H24N2O2. The minimum atomic E-state index is -0.150. The van der Waals surface area contributed by atoms with Crippen molar-refractivity contribution in [3.05, 3.63) is 0 Å². The molecule has 0 spiro atoms. The van der Waals surface area contributed by atoms with Gasteiger partial charge < -0.3 is 15.0 Å². The zero-order chi connectivity index (χ0) is 11.8. The van der Waals surface area contributed by atoms with Gasteiger partial charge in [0.25, 0.3) is 0 Å². The Morgan fingerprint density at radius 2 is 2.06 bits per heavy atom. The Morgan fingerprint density at radius 3 is 2.62 bits per heavy atom. The minimum Gasteiger partial charge on any atom is -0.450 e. The maximum Gasteiger partial charge on any atom is 0.409 e. The van der Waals surface area contributed by atoms with E-state index in [0.29, 0.717) is 12.5 Å². The molecule has 0 aromatic rings. The topological polar surface area (TPSA) is 41.6 Å². The average Bonchev–Trinajstić information content (AvgIpc) is 2.30. The molecule has 16 heavy (non-hydrogen) atoms. The molecule has 1 rings (SSSR count). The van der Waals surface area contributed by atoms with Crippen molar-refractivity contribution in [1.29, 1.82) is 0 Å². The number of amides is 1. The van der Waals surface area contributed by atoms with Crippen LogP contribution in [-0.4, -0.2) is 43.8 Å². The number of carbonyl (C=O) groups is 1. The molecule has 0 aromatic heterocycles. The van der Waals surface area contributed by atoms with Crippen molar-refractivity contribution in [2.75, 3.05) is 32.8 Å². The zero-order valence-electron chi connectivity index (χ0n) is 10.5. The fraction of sp³-hybridized carbons (Fsp3) is 0.917. The van der Waals surface area contributed by atoms with Crippen molar-refractivity contribution in [3.8, 4) is 0 Å². The molecule has 0 radical (unpaired) electrons. The SMILES string of the molecule is CCCN(CC1CCNCC1)C(=O)OCC. The highest BCUT2D eigenvalue weighted by Crippen LogP contribution is 2.14. The summed E-state index contributed by atoms with van der Waals surface area (Å²) < 4.78 is 5.07. The van der Waals surface area contributed by atoms with Crippen LogP contribution in [-0.2, 0) is 4.74 Å². The van der Waals surface area contributed by atoms with Crippen LogP contribution in [0, 0.1) is 5.92 Å². The quantitative estimate of drug-likeness (QED) is 0.781. The van der Waals surface area contributed by atoms with E-state index in [0.717, 1.165) is 32.6 Å². The first-order valence-corrected chi connectivity index (χ1v) is 6.40. The normalized spacial score (nSPS) is 17.1. The highest BCUT2D eigenvalue weighted by atomic mass is 16.6. The lowest BCUT2D eigenvalue weighted by Gasteiger charge is -2.29. The molecule has 0 atom stereocenters.